The van der Waals surface area contributed by atoms with Gasteiger partial charge in [-0.3, -0.25) is 13.9 Å². The van der Waals surface area contributed by atoms with E-state index in [2.05, 4.69) is 5.32 Å². The summed E-state index contributed by atoms with van der Waals surface area (Å²) in [5, 5.41) is 5.32. The monoisotopic (exact) mass is 581 g/mol. The second-order valence-electron chi connectivity index (χ2n) is 10.7. The first-order valence-corrected chi connectivity index (χ1v) is 16.0. The summed E-state index contributed by atoms with van der Waals surface area (Å²) in [6.07, 6.45) is 6.19. The zero-order valence-corrected chi connectivity index (χ0v) is 24.4. The number of carbonyl (C=O) groups excluding carboxylic acids is 2. The van der Waals surface area contributed by atoms with Crippen LogP contribution in [0.5, 0.6) is 0 Å². The number of amides is 2. The van der Waals surface area contributed by atoms with Crippen LogP contribution in [0.15, 0.2) is 65.6 Å². The van der Waals surface area contributed by atoms with Gasteiger partial charge in [-0.2, -0.15) is 0 Å². The molecule has 1 N–H and O–H groups in total. The number of sulfonamides is 1. The highest BCUT2D eigenvalue weighted by Crippen LogP contribution is 2.42. The number of nitrogens with one attached hydrogen (secondary N) is 1. The summed E-state index contributed by atoms with van der Waals surface area (Å²) in [4.78, 5) is 29.1. The van der Waals surface area contributed by atoms with Crippen molar-refractivity contribution in [1.82, 2.24) is 10.2 Å². The molecule has 1 heterocycles. The normalized spacial score (nSPS) is 17.1. The molecule has 2 aliphatic rings. The molecule has 5 rings (SSSR count). The minimum Gasteiger partial charge on any atom is -0.352 e. The van der Waals surface area contributed by atoms with Crippen LogP contribution in [0.3, 0.4) is 0 Å². The van der Waals surface area contributed by atoms with E-state index in [0.29, 0.717) is 28.4 Å². The lowest BCUT2D eigenvalue weighted by Gasteiger charge is -2.33. The van der Waals surface area contributed by atoms with Crippen LogP contribution in [0, 0.1) is 0 Å². The van der Waals surface area contributed by atoms with Gasteiger partial charge in [0.1, 0.15) is 6.04 Å². The second-order valence-corrected chi connectivity index (χ2v) is 12.9. The Hall–Kier alpha value is -3.10. The lowest BCUT2D eigenvalue weighted by atomic mass is 9.95. The summed E-state index contributed by atoms with van der Waals surface area (Å²) in [7, 11) is -3.69. The maximum absolute atomic E-state index is 13.7. The fourth-order valence-corrected chi connectivity index (χ4v) is 7.93. The van der Waals surface area contributed by atoms with Gasteiger partial charge in [0.25, 0.3) is 10.0 Å². The van der Waals surface area contributed by atoms with Crippen molar-refractivity contribution in [3.8, 4) is 0 Å². The Labute approximate surface area is 241 Å². The topological polar surface area (TPSA) is 86.8 Å². The molecular formula is C31H36ClN3O4S. The molecule has 3 aromatic carbocycles. The summed E-state index contributed by atoms with van der Waals surface area (Å²) in [5.74, 6) is -0.336. The number of rotatable bonds is 10. The summed E-state index contributed by atoms with van der Waals surface area (Å²) in [6.45, 7) is 2.29. The van der Waals surface area contributed by atoms with E-state index in [1.54, 1.807) is 23.1 Å². The van der Waals surface area contributed by atoms with Gasteiger partial charge in [-0.15, -0.1) is 0 Å². The van der Waals surface area contributed by atoms with Crippen molar-refractivity contribution in [2.45, 2.75) is 81.8 Å². The third-order valence-electron chi connectivity index (χ3n) is 8.07. The summed E-state index contributed by atoms with van der Waals surface area (Å²) in [5.41, 5.74) is 1.41. The van der Waals surface area contributed by atoms with E-state index in [4.69, 9.17) is 11.6 Å². The molecule has 1 saturated carbocycles. The van der Waals surface area contributed by atoms with Crippen LogP contribution >= 0.6 is 11.6 Å². The minimum absolute atomic E-state index is 0.107. The molecule has 1 atom stereocenters. The zero-order chi connectivity index (χ0) is 28.3. The number of anilines is 1. The Morgan fingerprint density at radius 1 is 1.02 bits per heavy atom. The first kappa shape index (κ1) is 28.4. The summed E-state index contributed by atoms with van der Waals surface area (Å²) in [6, 6.07) is 17.7. The molecule has 212 valence electrons. The molecule has 0 spiro atoms. The predicted molar refractivity (Wildman–Crippen MR) is 159 cm³/mol. The fourth-order valence-electron chi connectivity index (χ4n) is 5.99. The molecule has 0 aromatic heterocycles. The highest BCUT2D eigenvalue weighted by molar-refractivity contribution is 7.93. The summed E-state index contributed by atoms with van der Waals surface area (Å²) < 4.78 is 28.1. The molecule has 0 saturated heterocycles. The number of nitrogens with zero attached hydrogens (tertiary/aromatic N) is 2. The molecule has 9 heteroatoms. The van der Waals surface area contributed by atoms with Gasteiger partial charge in [0.05, 0.1) is 10.6 Å². The van der Waals surface area contributed by atoms with Crippen molar-refractivity contribution in [2.24, 2.45) is 0 Å². The van der Waals surface area contributed by atoms with Gasteiger partial charge in [0, 0.05) is 36.0 Å². The first-order chi connectivity index (χ1) is 19.3. The van der Waals surface area contributed by atoms with E-state index >= 15 is 0 Å². The number of benzene rings is 3. The average molecular weight is 582 g/mol. The van der Waals surface area contributed by atoms with Gasteiger partial charge in [-0.05, 0) is 54.8 Å². The smallest absolute Gasteiger partial charge is 0.265 e. The maximum atomic E-state index is 13.7. The Bertz CT molecular complexity index is 1500. The van der Waals surface area contributed by atoms with Crippen LogP contribution < -0.4 is 9.62 Å². The zero-order valence-electron chi connectivity index (χ0n) is 22.8. The SMILES string of the molecule is CC[C@H](C(=O)NC1CCCCC1)N(Cc1ccccc1Cl)C(=O)CCCN1c2cccc3cccc(c23)S1(=O)=O. The number of halogens is 1. The van der Waals surface area contributed by atoms with E-state index in [9.17, 15) is 18.0 Å². The van der Waals surface area contributed by atoms with Gasteiger partial charge < -0.3 is 10.2 Å². The highest BCUT2D eigenvalue weighted by Gasteiger charge is 2.36. The predicted octanol–water partition coefficient (Wildman–Crippen LogP) is 6.04. The number of hydrogen-bond donors (Lipinski definition) is 1. The lowest BCUT2D eigenvalue weighted by molar-refractivity contribution is -0.141. The molecule has 1 fully saturated rings. The van der Waals surface area contributed by atoms with Crippen LogP contribution in [0.1, 0.15) is 63.9 Å². The van der Waals surface area contributed by atoms with E-state index in [-0.39, 0.29) is 37.4 Å². The maximum Gasteiger partial charge on any atom is 0.265 e. The third kappa shape index (κ3) is 5.70. The number of carbonyl (C=O) groups is 2. The Morgan fingerprint density at radius 3 is 2.48 bits per heavy atom. The van der Waals surface area contributed by atoms with Crippen molar-refractivity contribution < 1.29 is 18.0 Å². The van der Waals surface area contributed by atoms with Crippen molar-refractivity contribution >= 4 is 49.9 Å². The van der Waals surface area contributed by atoms with Crippen LogP contribution in [0.2, 0.25) is 5.02 Å². The largest absolute Gasteiger partial charge is 0.352 e. The van der Waals surface area contributed by atoms with Crippen molar-refractivity contribution in [3.63, 3.8) is 0 Å². The van der Waals surface area contributed by atoms with Crippen molar-refractivity contribution in [1.29, 1.82) is 0 Å². The molecule has 1 aliphatic heterocycles. The number of hydrogen-bond acceptors (Lipinski definition) is 4. The van der Waals surface area contributed by atoms with Crippen LogP contribution in [-0.4, -0.2) is 43.8 Å². The van der Waals surface area contributed by atoms with Gasteiger partial charge in [0.15, 0.2) is 0 Å². The van der Waals surface area contributed by atoms with Gasteiger partial charge in [-0.25, -0.2) is 8.42 Å². The summed E-state index contributed by atoms with van der Waals surface area (Å²) >= 11 is 6.45. The fraction of sp³-hybridized carbons (Fsp3) is 0.419. The molecule has 3 aromatic rings. The molecule has 2 amide bonds. The molecule has 0 radical (unpaired) electrons. The van der Waals surface area contributed by atoms with E-state index < -0.39 is 16.1 Å². The molecule has 0 unspecified atom stereocenters. The average Bonchev–Trinajstić information content (AvgIpc) is 3.17. The standard InChI is InChI=1S/C31H36ClN3O4S/c1-2-26(31(37)33-24-14-4-3-5-15-24)34(21-23-11-6-7-16-25(23)32)29(36)19-10-20-35-27-17-8-12-22-13-9-18-28(30(22)27)40(35,38)39/h6-9,11-13,16-18,24,26H,2-5,10,14-15,19-21H2,1H3,(H,33,37)/t26-/m1/s1. The van der Waals surface area contributed by atoms with Crippen LogP contribution in [-0.2, 0) is 26.2 Å². The van der Waals surface area contributed by atoms with E-state index in [1.807, 2.05) is 49.4 Å². The quantitative estimate of drug-likeness (QED) is 0.316. The molecular weight excluding hydrogens is 546 g/mol. The Kier molecular flexibility index (Phi) is 8.66. The van der Waals surface area contributed by atoms with Gasteiger partial charge in [0.2, 0.25) is 11.8 Å². The minimum atomic E-state index is -3.69. The van der Waals surface area contributed by atoms with Crippen molar-refractivity contribution in [2.75, 3.05) is 10.8 Å². The Morgan fingerprint density at radius 2 is 1.75 bits per heavy atom. The second kappa shape index (κ2) is 12.2. The van der Waals surface area contributed by atoms with E-state index in [0.717, 1.165) is 42.0 Å². The molecule has 40 heavy (non-hydrogen) atoms. The highest BCUT2D eigenvalue weighted by atomic mass is 35.5. The molecule has 0 bridgehead atoms. The Balaban J connectivity index is 1.32. The van der Waals surface area contributed by atoms with Crippen molar-refractivity contribution in [3.05, 3.63) is 71.2 Å². The van der Waals surface area contributed by atoms with Crippen LogP contribution in [0.25, 0.3) is 10.8 Å². The van der Waals surface area contributed by atoms with Gasteiger partial charge >= 0.3 is 0 Å². The third-order valence-corrected chi connectivity index (χ3v) is 10.3. The first-order valence-electron chi connectivity index (χ1n) is 14.2. The van der Waals surface area contributed by atoms with E-state index in [1.165, 1.54) is 10.7 Å². The van der Waals surface area contributed by atoms with Gasteiger partial charge in [-0.1, -0.05) is 80.3 Å². The molecule has 1 aliphatic carbocycles. The van der Waals surface area contributed by atoms with Crippen LogP contribution in [0.4, 0.5) is 5.69 Å². The molecule has 7 nitrogen and oxygen atoms in total. The lowest BCUT2D eigenvalue weighted by Crippen LogP contribution is -2.51.